The van der Waals surface area contributed by atoms with Crippen molar-refractivity contribution in [3.63, 3.8) is 0 Å². The SMILES string of the molecule is C=C(CC(=O)O)C(=O)OC1CCCCCC1. The number of carboxylic acids is 1. The fourth-order valence-electron chi connectivity index (χ4n) is 1.85. The third kappa shape index (κ3) is 4.47. The van der Waals surface area contributed by atoms with Crippen LogP contribution in [0.3, 0.4) is 0 Å². The van der Waals surface area contributed by atoms with Crippen LogP contribution in [0.5, 0.6) is 0 Å². The van der Waals surface area contributed by atoms with Crippen molar-refractivity contribution >= 4 is 11.9 Å². The van der Waals surface area contributed by atoms with Crippen molar-refractivity contribution in [2.24, 2.45) is 0 Å². The van der Waals surface area contributed by atoms with E-state index in [1.807, 2.05) is 0 Å². The molecule has 0 unspecified atom stereocenters. The molecular weight excluding hydrogens is 208 g/mol. The highest BCUT2D eigenvalue weighted by Gasteiger charge is 2.19. The molecule has 0 spiro atoms. The van der Waals surface area contributed by atoms with E-state index >= 15 is 0 Å². The lowest BCUT2D eigenvalue weighted by molar-refractivity contribution is -0.147. The number of carboxylic acid groups (broad SMARTS) is 1. The number of esters is 1. The van der Waals surface area contributed by atoms with Gasteiger partial charge in [0.05, 0.1) is 6.42 Å². The van der Waals surface area contributed by atoms with E-state index in [9.17, 15) is 9.59 Å². The number of aliphatic carboxylic acids is 1. The molecule has 0 atom stereocenters. The van der Waals surface area contributed by atoms with Crippen molar-refractivity contribution < 1.29 is 19.4 Å². The first-order chi connectivity index (χ1) is 7.59. The second-order valence-electron chi connectivity index (χ2n) is 4.19. The van der Waals surface area contributed by atoms with Crippen LogP contribution in [0, 0.1) is 0 Å². The highest BCUT2D eigenvalue weighted by atomic mass is 16.5. The number of rotatable bonds is 4. The van der Waals surface area contributed by atoms with Gasteiger partial charge in [0, 0.05) is 5.57 Å². The van der Waals surface area contributed by atoms with E-state index in [2.05, 4.69) is 6.58 Å². The molecule has 1 aliphatic rings. The van der Waals surface area contributed by atoms with Gasteiger partial charge in [0.15, 0.2) is 0 Å². The van der Waals surface area contributed by atoms with Crippen LogP contribution in [0.2, 0.25) is 0 Å². The molecule has 0 saturated heterocycles. The molecule has 0 aliphatic heterocycles. The summed E-state index contributed by atoms with van der Waals surface area (Å²) in [6, 6.07) is 0. The van der Waals surface area contributed by atoms with Gasteiger partial charge < -0.3 is 9.84 Å². The molecule has 0 amide bonds. The lowest BCUT2D eigenvalue weighted by atomic mass is 10.1. The molecule has 0 heterocycles. The zero-order valence-corrected chi connectivity index (χ0v) is 9.41. The lowest BCUT2D eigenvalue weighted by Crippen LogP contribution is -2.19. The van der Waals surface area contributed by atoms with E-state index in [1.54, 1.807) is 0 Å². The second kappa shape index (κ2) is 6.30. The largest absolute Gasteiger partial charge is 0.481 e. The molecule has 0 aromatic heterocycles. The van der Waals surface area contributed by atoms with E-state index in [-0.39, 0.29) is 18.1 Å². The Hall–Kier alpha value is -1.32. The minimum Gasteiger partial charge on any atom is -0.481 e. The van der Waals surface area contributed by atoms with Gasteiger partial charge in [0.2, 0.25) is 0 Å². The predicted molar refractivity (Wildman–Crippen MR) is 59.0 cm³/mol. The minimum atomic E-state index is -1.05. The summed E-state index contributed by atoms with van der Waals surface area (Å²) >= 11 is 0. The summed E-state index contributed by atoms with van der Waals surface area (Å²) in [6.07, 6.45) is 5.88. The number of carbonyl (C=O) groups is 2. The summed E-state index contributed by atoms with van der Waals surface area (Å²) in [4.78, 5) is 21.9. The molecular formula is C12H18O4. The van der Waals surface area contributed by atoms with Gasteiger partial charge in [-0.25, -0.2) is 4.79 Å². The Balaban J connectivity index is 2.37. The van der Waals surface area contributed by atoms with Crippen molar-refractivity contribution in [1.29, 1.82) is 0 Å². The van der Waals surface area contributed by atoms with Gasteiger partial charge in [-0.3, -0.25) is 4.79 Å². The fraction of sp³-hybridized carbons (Fsp3) is 0.667. The Labute approximate surface area is 95.3 Å². The van der Waals surface area contributed by atoms with Crippen LogP contribution in [0.1, 0.15) is 44.9 Å². The van der Waals surface area contributed by atoms with Crippen molar-refractivity contribution in [1.82, 2.24) is 0 Å². The minimum absolute atomic E-state index is 0.0248. The van der Waals surface area contributed by atoms with Gasteiger partial charge in [-0.1, -0.05) is 19.4 Å². The standard InChI is InChI=1S/C12H18O4/c1-9(8-11(13)14)12(15)16-10-6-4-2-3-5-7-10/h10H,1-8H2,(H,13,14). The quantitative estimate of drug-likeness (QED) is 0.454. The molecule has 0 radical (unpaired) electrons. The van der Waals surface area contributed by atoms with Crippen LogP contribution >= 0.6 is 0 Å². The van der Waals surface area contributed by atoms with Gasteiger partial charge in [-0.05, 0) is 25.7 Å². The lowest BCUT2D eigenvalue weighted by Gasteiger charge is -2.15. The van der Waals surface area contributed by atoms with Gasteiger partial charge in [-0.15, -0.1) is 0 Å². The van der Waals surface area contributed by atoms with Gasteiger partial charge >= 0.3 is 11.9 Å². The van der Waals surface area contributed by atoms with Crippen LogP contribution < -0.4 is 0 Å². The first kappa shape index (κ1) is 12.7. The number of carbonyl (C=O) groups excluding carboxylic acids is 1. The van der Waals surface area contributed by atoms with Gasteiger partial charge in [-0.2, -0.15) is 0 Å². The number of ether oxygens (including phenoxy) is 1. The van der Waals surface area contributed by atoms with Crippen molar-refractivity contribution in [3.05, 3.63) is 12.2 Å². The first-order valence-electron chi connectivity index (χ1n) is 5.70. The van der Waals surface area contributed by atoms with Gasteiger partial charge in [0.1, 0.15) is 6.10 Å². The highest BCUT2D eigenvalue weighted by Crippen LogP contribution is 2.20. The van der Waals surface area contributed by atoms with E-state index in [0.29, 0.717) is 0 Å². The molecule has 1 fully saturated rings. The summed E-state index contributed by atoms with van der Waals surface area (Å²) in [5, 5.41) is 8.52. The topological polar surface area (TPSA) is 63.6 Å². The summed E-state index contributed by atoms with van der Waals surface area (Å²) in [5.41, 5.74) is 0.0248. The molecule has 1 N–H and O–H groups in total. The predicted octanol–water partition coefficient (Wildman–Crippen LogP) is 2.28. The molecule has 0 bridgehead atoms. The molecule has 1 saturated carbocycles. The van der Waals surface area contributed by atoms with Crippen LogP contribution in [0.15, 0.2) is 12.2 Å². The van der Waals surface area contributed by atoms with Crippen molar-refractivity contribution in [2.75, 3.05) is 0 Å². The number of hydrogen-bond acceptors (Lipinski definition) is 3. The van der Waals surface area contributed by atoms with Crippen LogP contribution in [0.4, 0.5) is 0 Å². The summed E-state index contributed by atoms with van der Waals surface area (Å²) < 4.78 is 5.23. The van der Waals surface area contributed by atoms with Gasteiger partial charge in [0.25, 0.3) is 0 Å². The zero-order valence-electron chi connectivity index (χ0n) is 9.41. The molecule has 90 valence electrons. The maximum absolute atomic E-state index is 11.5. The molecule has 0 aromatic rings. The van der Waals surface area contributed by atoms with Crippen molar-refractivity contribution in [2.45, 2.75) is 51.0 Å². The Morgan fingerprint density at radius 1 is 1.19 bits per heavy atom. The normalized spacial score (nSPS) is 17.5. The molecule has 4 nitrogen and oxygen atoms in total. The Kier molecular flexibility index (Phi) is 5.02. The number of hydrogen-bond donors (Lipinski definition) is 1. The monoisotopic (exact) mass is 226 g/mol. The third-order valence-electron chi connectivity index (χ3n) is 2.73. The molecule has 0 aromatic carbocycles. The molecule has 1 rings (SSSR count). The third-order valence-corrected chi connectivity index (χ3v) is 2.73. The van der Waals surface area contributed by atoms with E-state index < -0.39 is 11.9 Å². The second-order valence-corrected chi connectivity index (χ2v) is 4.19. The Morgan fingerprint density at radius 2 is 1.75 bits per heavy atom. The molecule has 4 heteroatoms. The average Bonchev–Trinajstić information content (AvgIpc) is 2.45. The average molecular weight is 226 g/mol. The summed E-state index contributed by atoms with van der Waals surface area (Å²) in [5.74, 6) is -1.61. The highest BCUT2D eigenvalue weighted by molar-refractivity contribution is 5.92. The summed E-state index contributed by atoms with van der Waals surface area (Å²) in [7, 11) is 0. The Bertz CT molecular complexity index is 275. The maximum Gasteiger partial charge on any atom is 0.334 e. The smallest absolute Gasteiger partial charge is 0.334 e. The van der Waals surface area contributed by atoms with E-state index in [1.165, 1.54) is 12.8 Å². The summed E-state index contributed by atoms with van der Waals surface area (Å²) in [6.45, 7) is 3.43. The molecule has 1 aliphatic carbocycles. The van der Waals surface area contributed by atoms with E-state index in [0.717, 1.165) is 25.7 Å². The first-order valence-corrected chi connectivity index (χ1v) is 5.70. The zero-order chi connectivity index (χ0) is 12.0. The fourth-order valence-corrected chi connectivity index (χ4v) is 1.85. The van der Waals surface area contributed by atoms with Crippen molar-refractivity contribution in [3.8, 4) is 0 Å². The Morgan fingerprint density at radius 3 is 2.25 bits per heavy atom. The van der Waals surface area contributed by atoms with Crippen LogP contribution in [-0.4, -0.2) is 23.1 Å². The maximum atomic E-state index is 11.5. The van der Waals surface area contributed by atoms with E-state index in [4.69, 9.17) is 9.84 Å². The molecule has 16 heavy (non-hydrogen) atoms. The van der Waals surface area contributed by atoms with Crippen LogP contribution in [-0.2, 0) is 14.3 Å². The van der Waals surface area contributed by atoms with Crippen LogP contribution in [0.25, 0.3) is 0 Å².